The van der Waals surface area contributed by atoms with Crippen molar-refractivity contribution in [2.45, 2.75) is 32.0 Å². The molecule has 0 bridgehead atoms. The van der Waals surface area contributed by atoms with E-state index >= 15 is 0 Å². The lowest BCUT2D eigenvalue weighted by Crippen LogP contribution is -2.40. The van der Waals surface area contributed by atoms with Crippen LogP contribution in [0, 0.1) is 6.92 Å². The quantitative estimate of drug-likeness (QED) is 0.742. The summed E-state index contributed by atoms with van der Waals surface area (Å²) in [4.78, 5) is 31.6. The molecule has 1 atom stereocenters. The van der Waals surface area contributed by atoms with Crippen LogP contribution in [0.5, 0.6) is 0 Å². The van der Waals surface area contributed by atoms with Gasteiger partial charge in [0.05, 0.1) is 23.1 Å². The average molecular weight is 392 g/mol. The summed E-state index contributed by atoms with van der Waals surface area (Å²) in [5.74, 6) is 0.514. The first-order valence-corrected chi connectivity index (χ1v) is 8.90. The molecule has 1 fully saturated rings. The number of halogens is 3. The van der Waals surface area contributed by atoms with Crippen LogP contribution in [0.3, 0.4) is 0 Å². The molecule has 1 amide bonds. The number of hydrogen-bond acceptors (Lipinski definition) is 5. The molecule has 1 aliphatic heterocycles. The Bertz CT molecular complexity index is 1050. The van der Waals surface area contributed by atoms with Gasteiger partial charge < -0.3 is 14.8 Å². The Morgan fingerprint density at radius 3 is 2.93 bits per heavy atom. The van der Waals surface area contributed by atoms with Crippen molar-refractivity contribution in [1.82, 2.24) is 24.8 Å². The number of likely N-dealkylation sites (N-methyl/N-ethyl adjacent to an activating group) is 1. The van der Waals surface area contributed by atoms with E-state index in [0.717, 1.165) is 22.1 Å². The highest BCUT2D eigenvalue weighted by molar-refractivity contribution is 6.09. The fourth-order valence-corrected chi connectivity index (χ4v) is 3.71. The topological polar surface area (TPSA) is 78.0 Å². The predicted molar refractivity (Wildman–Crippen MR) is 98.0 cm³/mol. The van der Waals surface area contributed by atoms with Crippen molar-refractivity contribution >= 4 is 33.7 Å². The van der Waals surface area contributed by atoms with E-state index in [2.05, 4.69) is 19.9 Å². The highest BCUT2D eigenvalue weighted by Gasteiger charge is 2.36. The third-order valence-electron chi connectivity index (χ3n) is 5.10. The second-order valence-corrected chi connectivity index (χ2v) is 7.06. The van der Waals surface area contributed by atoms with Crippen molar-refractivity contribution in [3.63, 3.8) is 0 Å². The van der Waals surface area contributed by atoms with Crippen LogP contribution in [-0.2, 0) is 4.79 Å². The summed E-state index contributed by atoms with van der Waals surface area (Å²) in [5.41, 5.74) is 1.42. The van der Waals surface area contributed by atoms with Crippen LogP contribution in [0.15, 0.2) is 18.5 Å². The smallest absolute Gasteiger partial charge is 0.354 e. The molecule has 0 saturated carbocycles. The van der Waals surface area contributed by atoms with Gasteiger partial charge in [0.1, 0.15) is 18.1 Å². The van der Waals surface area contributed by atoms with Gasteiger partial charge in [0.2, 0.25) is 5.91 Å². The number of anilines is 1. The lowest BCUT2D eigenvalue weighted by molar-refractivity contribution is -0.161. The van der Waals surface area contributed by atoms with Gasteiger partial charge in [-0.15, -0.1) is 0 Å². The van der Waals surface area contributed by atoms with Gasteiger partial charge in [-0.1, -0.05) is 0 Å². The van der Waals surface area contributed by atoms with Crippen LogP contribution in [0.2, 0.25) is 0 Å². The van der Waals surface area contributed by atoms with E-state index in [0.29, 0.717) is 31.0 Å². The van der Waals surface area contributed by atoms with Gasteiger partial charge in [-0.05, 0) is 19.4 Å². The first-order valence-electron chi connectivity index (χ1n) is 8.90. The highest BCUT2D eigenvalue weighted by Crippen LogP contribution is 2.32. The molecule has 148 valence electrons. The minimum atomic E-state index is -4.50. The van der Waals surface area contributed by atoms with Crippen LogP contribution in [0.1, 0.15) is 18.7 Å². The van der Waals surface area contributed by atoms with E-state index < -0.39 is 18.5 Å². The Labute approximate surface area is 158 Å². The van der Waals surface area contributed by atoms with Crippen molar-refractivity contribution in [3.05, 3.63) is 24.3 Å². The monoisotopic (exact) mass is 392 g/mol. The fraction of sp³-hybridized carbons (Fsp3) is 0.444. The Balaban J connectivity index is 1.65. The van der Waals surface area contributed by atoms with Crippen molar-refractivity contribution in [3.8, 4) is 0 Å². The van der Waals surface area contributed by atoms with Gasteiger partial charge in [-0.2, -0.15) is 13.2 Å². The number of aryl methyl sites for hydroxylation is 1. The largest absolute Gasteiger partial charge is 0.397 e. The van der Waals surface area contributed by atoms with Crippen molar-refractivity contribution in [2.75, 3.05) is 25.0 Å². The second-order valence-electron chi connectivity index (χ2n) is 7.06. The molecule has 3 aromatic rings. The molecule has 4 heterocycles. The van der Waals surface area contributed by atoms with E-state index in [4.69, 9.17) is 0 Å². The van der Waals surface area contributed by atoms with E-state index in [9.17, 15) is 18.0 Å². The second kappa shape index (κ2) is 6.61. The molecule has 3 aromatic heterocycles. The summed E-state index contributed by atoms with van der Waals surface area (Å²) >= 11 is 0. The van der Waals surface area contributed by atoms with Crippen molar-refractivity contribution in [2.24, 2.45) is 0 Å². The molecule has 0 radical (unpaired) electrons. The number of alkyl halides is 3. The van der Waals surface area contributed by atoms with Crippen molar-refractivity contribution in [1.29, 1.82) is 0 Å². The van der Waals surface area contributed by atoms with Crippen LogP contribution in [0.4, 0.5) is 19.0 Å². The van der Waals surface area contributed by atoms with E-state index in [1.807, 2.05) is 17.9 Å². The zero-order chi connectivity index (χ0) is 20.1. The Kier molecular flexibility index (Phi) is 4.35. The SMILES string of the molecule is Cc1nc(N2CCC(N(C)C(=O)CC(F)(F)F)C2)c2c(cnc3nccc32)[nH]1. The summed E-state index contributed by atoms with van der Waals surface area (Å²) < 4.78 is 37.6. The maximum Gasteiger partial charge on any atom is 0.397 e. The molecular weight excluding hydrogens is 373 g/mol. The number of fused-ring (bicyclic) bond motifs is 3. The highest BCUT2D eigenvalue weighted by atomic mass is 19.4. The lowest BCUT2D eigenvalue weighted by atomic mass is 10.2. The summed E-state index contributed by atoms with van der Waals surface area (Å²) in [5, 5.41) is 1.74. The van der Waals surface area contributed by atoms with Crippen LogP contribution < -0.4 is 4.90 Å². The van der Waals surface area contributed by atoms with E-state index in [1.54, 1.807) is 12.4 Å². The summed E-state index contributed by atoms with van der Waals surface area (Å²) in [6.07, 6.45) is -1.98. The van der Waals surface area contributed by atoms with Gasteiger partial charge in [-0.25, -0.2) is 15.0 Å². The number of carbonyl (C=O) groups excluding carboxylic acids is 1. The Morgan fingerprint density at radius 2 is 2.18 bits per heavy atom. The van der Waals surface area contributed by atoms with Crippen molar-refractivity contribution < 1.29 is 18.0 Å². The lowest BCUT2D eigenvalue weighted by Gasteiger charge is -2.26. The first kappa shape index (κ1) is 18.5. The number of nitrogens with zero attached hydrogens (tertiary/aromatic N) is 5. The Hall–Kier alpha value is -2.91. The molecule has 4 rings (SSSR count). The molecule has 1 unspecified atom stereocenters. The molecular formula is C18H19F3N6O. The number of nitrogens with one attached hydrogen (secondary N) is 1. The van der Waals surface area contributed by atoms with E-state index in [-0.39, 0.29) is 6.04 Å². The molecule has 0 aliphatic carbocycles. The number of H-pyrrole nitrogens is 1. The number of hydrogen-bond donors (Lipinski definition) is 1. The normalized spacial score (nSPS) is 17.6. The maximum atomic E-state index is 12.5. The van der Waals surface area contributed by atoms with Gasteiger partial charge in [0.15, 0.2) is 5.65 Å². The first-order chi connectivity index (χ1) is 13.2. The number of carbonyl (C=O) groups is 1. The van der Waals surface area contributed by atoms with Gasteiger partial charge >= 0.3 is 6.18 Å². The molecule has 1 saturated heterocycles. The fourth-order valence-electron chi connectivity index (χ4n) is 3.71. The third-order valence-corrected chi connectivity index (χ3v) is 5.10. The van der Waals surface area contributed by atoms with Crippen LogP contribution in [0.25, 0.3) is 21.9 Å². The van der Waals surface area contributed by atoms with Gasteiger partial charge in [0.25, 0.3) is 0 Å². The van der Waals surface area contributed by atoms with E-state index in [1.165, 1.54) is 11.9 Å². The maximum absolute atomic E-state index is 12.5. The number of rotatable bonds is 3. The van der Waals surface area contributed by atoms with Gasteiger partial charge in [-0.3, -0.25) is 4.79 Å². The molecule has 10 heteroatoms. The van der Waals surface area contributed by atoms with Crippen LogP contribution in [-0.4, -0.2) is 63.1 Å². The zero-order valence-corrected chi connectivity index (χ0v) is 15.4. The summed E-state index contributed by atoms with van der Waals surface area (Å²) in [6.45, 7) is 2.85. The number of aromatic amines is 1. The number of pyridine rings is 1. The van der Waals surface area contributed by atoms with Gasteiger partial charge in [0, 0.05) is 31.7 Å². The molecule has 0 spiro atoms. The average Bonchev–Trinajstić information content (AvgIpc) is 3.27. The molecule has 1 aliphatic rings. The molecule has 1 N–H and O–H groups in total. The Morgan fingerprint density at radius 1 is 1.39 bits per heavy atom. The number of aromatic nitrogens is 4. The standard InChI is InChI=1S/C18H19F3N6O/c1-10-24-13-8-23-16-12(3-5-22-16)15(13)17(25-10)27-6-4-11(9-27)26(2)14(28)7-18(19,20)21/h3,5,8,11H,4,6-7,9H2,1-2H3,(H,24,25). The molecule has 7 nitrogen and oxygen atoms in total. The minimum Gasteiger partial charge on any atom is -0.354 e. The summed E-state index contributed by atoms with van der Waals surface area (Å²) in [6, 6.07) is 1.57. The summed E-state index contributed by atoms with van der Waals surface area (Å²) in [7, 11) is 1.43. The predicted octanol–water partition coefficient (Wildman–Crippen LogP) is 2.80. The third kappa shape index (κ3) is 3.34. The minimum absolute atomic E-state index is 0.300. The number of amides is 1. The molecule has 0 aromatic carbocycles. The molecule has 28 heavy (non-hydrogen) atoms. The van der Waals surface area contributed by atoms with Crippen LogP contribution >= 0.6 is 0 Å². The zero-order valence-electron chi connectivity index (χ0n) is 15.4.